The van der Waals surface area contributed by atoms with E-state index in [0.717, 1.165) is 17.6 Å². The molecule has 0 aromatic carbocycles. The summed E-state index contributed by atoms with van der Waals surface area (Å²) in [5, 5.41) is 3.91. The molecule has 64 valence electrons. The van der Waals surface area contributed by atoms with Gasteiger partial charge in [0.25, 0.3) is 0 Å². The van der Waals surface area contributed by atoms with Crippen molar-refractivity contribution in [2.45, 2.75) is 26.3 Å². The maximum atomic E-state index is 5.16. The maximum absolute atomic E-state index is 5.16. The Hall–Kier alpha value is -0.310. The summed E-state index contributed by atoms with van der Waals surface area (Å²) < 4.78 is 0. The molecule has 1 fully saturated rings. The summed E-state index contributed by atoms with van der Waals surface area (Å²) in [6.45, 7) is 5.61. The average molecular weight is 172 g/mol. The van der Waals surface area contributed by atoms with E-state index >= 15 is 0 Å². The van der Waals surface area contributed by atoms with Crippen molar-refractivity contribution in [1.29, 1.82) is 0 Å². The highest BCUT2D eigenvalue weighted by Gasteiger charge is 2.26. The fraction of sp³-hybridized carbons (Fsp3) is 0.875. The molecule has 0 radical (unpaired) electrons. The first-order valence-corrected chi connectivity index (χ1v) is 4.54. The van der Waals surface area contributed by atoms with E-state index < -0.39 is 0 Å². The van der Waals surface area contributed by atoms with E-state index in [2.05, 4.69) is 24.1 Å². The van der Waals surface area contributed by atoms with Crippen molar-refractivity contribution in [3.8, 4) is 0 Å². The molecule has 2 unspecified atom stereocenters. The van der Waals surface area contributed by atoms with Crippen molar-refractivity contribution >= 4 is 17.3 Å². The van der Waals surface area contributed by atoms with Crippen LogP contribution in [0.15, 0.2) is 0 Å². The van der Waals surface area contributed by atoms with Crippen molar-refractivity contribution in [3.63, 3.8) is 0 Å². The molecule has 2 nitrogen and oxygen atoms in total. The molecule has 11 heavy (non-hydrogen) atoms. The first-order chi connectivity index (χ1) is 5.15. The Morgan fingerprint density at radius 1 is 1.55 bits per heavy atom. The largest absolute Gasteiger partial charge is 0.366 e. The van der Waals surface area contributed by atoms with Gasteiger partial charge in [0.1, 0.15) is 0 Å². The van der Waals surface area contributed by atoms with E-state index in [9.17, 15) is 0 Å². The fourth-order valence-electron chi connectivity index (χ4n) is 1.73. The van der Waals surface area contributed by atoms with Crippen molar-refractivity contribution < 1.29 is 0 Å². The molecule has 0 aromatic heterocycles. The third-order valence-electron chi connectivity index (χ3n) is 2.26. The topological polar surface area (TPSA) is 15.3 Å². The smallest absolute Gasteiger partial charge is 0.168 e. The van der Waals surface area contributed by atoms with Crippen LogP contribution in [0.4, 0.5) is 0 Å². The van der Waals surface area contributed by atoms with Crippen molar-refractivity contribution in [3.05, 3.63) is 0 Å². The lowest BCUT2D eigenvalue weighted by molar-refractivity contribution is 0.407. The van der Waals surface area contributed by atoms with Crippen LogP contribution in [0.1, 0.15) is 20.3 Å². The van der Waals surface area contributed by atoms with E-state index in [4.69, 9.17) is 12.2 Å². The van der Waals surface area contributed by atoms with Crippen molar-refractivity contribution in [1.82, 2.24) is 10.2 Å². The summed E-state index contributed by atoms with van der Waals surface area (Å²) in [5.74, 6) is 0.788. The molecule has 0 bridgehead atoms. The predicted octanol–water partition coefficient (Wildman–Crippen LogP) is 1.22. The molecule has 1 N–H and O–H groups in total. The SMILES string of the molecule is CNC(=S)N1CC(C)CC1C. The van der Waals surface area contributed by atoms with Crippen LogP contribution in [0, 0.1) is 5.92 Å². The summed E-state index contributed by atoms with van der Waals surface area (Å²) in [5.41, 5.74) is 0. The molecule has 0 aromatic rings. The zero-order valence-corrected chi connectivity index (χ0v) is 8.24. The number of hydrogen-bond donors (Lipinski definition) is 1. The van der Waals surface area contributed by atoms with Crippen LogP contribution in [0.5, 0.6) is 0 Å². The monoisotopic (exact) mass is 172 g/mol. The van der Waals surface area contributed by atoms with Crippen LogP contribution in [-0.2, 0) is 0 Å². The number of nitrogens with one attached hydrogen (secondary N) is 1. The number of likely N-dealkylation sites (tertiary alicyclic amines) is 1. The highest BCUT2D eigenvalue weighted by Crippen LogP contribution is 2.21. The lowest BCUT2D eigenvalue weighted by atomic mass is 10.1. The van der Waals surface area contributed by atoms with Gasteiger partial charge in [0.2, 0.25) is 0 Å². The number of hydrogen-bond acceptors (Lipinski definition) is 1. The number of thiocarbonyl (C=S) groups is 1. The second-order valence-electron chi connectivity index (χ2n) is 3.40. The van der Waals surface area contributed by atoms with E-state index in [1.54, 1.807) is 0 Å². The zero-order valence-electron chi connectivity index (χ0n) is 7.42. The summed E-state index contributed by atoms with van der Waals surface area (Å²) in [6.07, 6.45) is 1.27. The molecule has 0 aliphatic carbocycles. The Kier molecular flexibility index (Phi) is 2.71. The normalized spacial score (nSPS) is 30.6. The van der Waals surface area contributed by atoms with Gasteiger partial charge < -0.3 is 10.2 Å². The molecule has 1 aliphatic heterocycles. The van der Waals surface area contributed by atoms with E-state index in [0.29, 0.717) is 6.04 Å². The maximum Gasteiger partial charge on any atom is 0.168 e. The summed E-state index contributed by atoms with van der Waals surface area (Å²) >= 11 is 5.16. The minimum absolute atomic E-state index is 0.616. The molecule has 1 saturated heterocycles. The van der Waals surface area contributed by atoms with E-state index in [1.807, 2.05) is 7.05 Å². The van der Waals surface area contributed by atoms with Crippen LogP contribution in [0.25, 0.3) is 0 Å². The molecule has 1 rings (SSSR count). The van der Waals surface area contributed by atoms with Gasteiger partial charge in [-0.1, -0.05) is 6.92 Å². The van der Waals surface area contributed by atoms with Gasteiger partial charge in [-0.05, 0) is 31.5 Å². The fourth-order valence-corrected chi connectivity index (χ4v) is 1.98. The molecule has 0 spiro atoms. The van der Waals surface area contributed by atoms with Gasteiger partial charge in [-0.3, -0.25) is 0 Å². The summed E-state index contributed by atoms with van der Waals surface area (Å²) in [4.78, 5) is 2.26. The lowest BCUT2D eigenvalue weighted by Crippen LogP contribution is -2.39. The second kappa shape index (κ2) is 3.39. The van der Waals surface area contributed by atoms with Gasteiger partial charge in [-0.25, -0.2) is 0 Å². The highest BCUT2D eigenvalue weighted by atomic mass is 32.1. The minimum atomic E-state index is 0.616. The Balaban J connectivity index is 2.52. The van der Waals surface area contributed by atoms with Crippen LogP contribution < -0.4 is 5.32 Å². The number of rotatable bonds is 0. The number of nitrogens with zero attached hydrogens (tertiary/aromatic N) is 1. The van der Waals surface area contributed by atoms with Gasteiger partial charge in [0.05, 0.1) is 0 Å². The highest BCUT2D eigenvalue weighted by molar-refractivity contribution is 7.80. The third kappa shape index (κ3) is 1.83. The molecular formula is C8H16N2S. The molecule has 3 heteroatoms. The molecular weight excluding hydrogens is 156 g/mol. The van der Waals surface area contributed by atoms with E-state index in [1.165, 1.54) is 6.42 Å². The molecule has 0 saturated carbocycles. The Labute approximate surface area is 74.0 Å². The minimum Gasteiger partial charge on any atom is -0.366 e. The molecule has 1 heterocycles. The average Bonchev–Trinajstić information content (AvgIpc) is 2.28. The first kappa shape index (κ1) is 8.78. The van der Waals surface area contributed by atoms with Crippen molar-refractivity contribution in [2.75, 3.05) is 13.6 Å². The summed E-state index contributed by atoms with van der Waals surface area (Å²) in [7, 11) is 1.89. The lowest BCUT2D eigenvalue weighted by Gasteiger charge is -2.23. The molecule has 0 amide bonds. The van der Waals surface area contributed by atoms with Gasteiger partial charge in [-0.2, -0.15) is 0 Å². The Bertz CT molecular complexity index is 158. The summed E-state index contributed by atoms with van der Waals surface area (Å²) in [6, 6.07) is 0.616. The zero-order chi connectivity index (χ0) is 8.43. The van der Waals surface area contributed by atoms with Gasteiger partial charge in [0.15, 0.2) is 5.11 Å². The van der Waals surface area contributed by atoms with Crippen molar-refractivity contribution in [2.24, 2.45) is 5.92 Å². The van der Waals surface area contributed by atoms with Gasteiger partial charge >= 0.3 is 0 Å². The quantitative estimate of drug-likeness (QED) is 0.553. The van der Waals surface area contributed by atoms with E-state index in [-0.39, 0.29) is 0 Å². The van der Waals surface area contributed by atoms with Crippen LogP contribution >= 0.6 is 12.2 Å². The second-order valence-corrected chi connectivity index (χ2v) is 3.78. The Morgan fingerprint density at radius 2 is 2.18 bits per heavy atom. The van der Waals surface area contributed by atoms with Crippen LogP contribution in [-0.4, -0.2) is 29.6 Å². The van der Waals surface area contributed by atoms with Gasteiger partial charge in [0, 0.05) is 19.6 Å². The molecule has 1 aliphatic rings. The van der Waals surface area contributed by atoms with Crippen LogP contribution in [0.3, 0.4) is 0 Å². The first-order valence-electron chi connectivity index (χ1n) is 4.13. The standard InChI is InChI=1S/C8H16N2S/c1-6-4-7(2)10(5-6)8(11)9-3/h6-7H,4-5H2,1-3H3,(H,9,11). The van der Waals surface area contributed by atoms with Gasteiger partial charge in [-0.15, -0.1) is 0 Å². The third-order valence-corrected chi connectivity index (χ3v) is 2.70. The predicted molar refractivity (Wildman–Crippen MR) is 51.6 cm³/mol. The Morgan fingerprint density at radius 3 is 2.55 bits per heavy atom. The molecule has 2 atom stereocenters. The van der Waals surface area contributed by atoms with Crippen LogP contribution in [0.2, 0.25) is 0 Å².